The minimum absolute atomic E-state index is 0.221. The zero-order chi connectivity index (χ0) is 28.4. The number of aryl methyl sites for hydroxylation is 1. The molecule has 1 aromatic heterocycles. The van der Waals surface area contributed by atoms with Gasteiger partial charge in [-0.3, -0.25) is 9.36 Å². The van der Waals surface area contributed by atoms with Crippen LogP contribution in [0.3, 0.4) is 0 Å². The largest absolute Gasteiger partial charge is 0.489 e. The molecule has 9 heteroatoms. The fourth-order valence-corrected chi connectivity index (χ4v) is 5.98. The van der Waals surface area contributed by atoms with Crippen molar-refractivity contribution in [1.29, 1.82) is 0 Å². The van der Waals surface area contributed by atoms with Gasteiger partial charge in [0.25, 0.3) is 5.56 Å². The van der Waals surface area contributed by atoms with Crippen LogP contribution < -0.4 is 19.6 Å². The van der Waals surface area contributed by atoms with Gasteiger partial charge in [0.05, 0.1) is 28.5 Å². The zero-order valence-electron chi connectivity index (χ0n) is 22.1. The topological polar surface area (TPSA) is 69.9 Å². The first-order chi connectivity index (χ1) is 19.2. The molecule has 204 valence electrons. The molecule has 1 aliphatic heterocycles. The molecule has 0 N–H and O–H groups in total. The van der Waals surface area contributed by atoms with E-state index in [9.17, 15) is 9.59 Å². The molecule has 5 rings (SSSR count). The molecule has 0 spiro atoms. The summed E-state index contributed by atoms with van der Waals surface area (Å²) in [6.07, 6.45) is 1.82. The van der Waals surface area contributed by atoms with Crippen LogP contribution in [-0.2, 0) is 16.1 Å². The number of ether oxygens (including phenoxy) is 2. The molecule has 4 aromatic rings. The lowest BCUT2D eigenvalue weighted by atomic mass is 9.95. The van der Waals surface area contributed by atoms with E-state index in [0.29, 0.717) is 43.0 Å². The number of thiazole rings is 1. The van der Waals surface area contributed by atoms with Gasteiger partial charge >= 0.3 is 5.97 Å². The fourth-order valence-electron chi connectivity index (χ4n) is 4.47. The first-order valence-corrected chi connectivity index (χ1v) is 14.3. The molecule has 0 fully saturated rings. The number of aromatic nitrogens is 1. The summed E-state index contributed by atoms with van der Waals surface area (Å²) in [4.78, 5) is 31.9. The van der Waals surface area contributed by atoms with Gasteiger partial charge in [0.15, 0.2) is 4.80 Å². The third-order valence-electron chi connectivity index (χ3n) is 6.50. The molecule has 0 aliphatic carbocycles. The Hall–Kier alpha value is -3.65. The molecule has 2 heterocycles. The van der Waals surface area contributed by atoms with E-state index in [-0.39, 0.29) is 12.2 Å². The summed E-state index contributed by atoms with van der Waals surface area (Å²) < 4.78 is 13.3. The maximum atomic E-state index is 13.7. The Morgan fingerprint density at radius 2 is 1.77 bits per heavy atom. The van der Waals surface area contributed by atoms with Crippen molar-refractivity contribution in [3.8, 4) is 5.75 Å². The van der Waals surface area contributed by atoms with Crippen LogP contribution in [0.4, 0.5) is 0 Å². The summed E-state index contributed by atoms with van der Waals surface area (Å²) >= 11 is 13.5. The number of halogens is 2. The van der Waals surface area contributed by atoms with Crippen molar-refractivity contribution in [3.63, 3.8) is 0 Å². The molecular formula is C31H26Cl2N2O4S. The molecule has 1 atom stereocenters. The summed E-state index contributed by atoms with van der Waals surface area (Å²) in [5, 5.41) is 1.12. The van der Waals surface area contributed by atoms with E-state index < -0.39 is 12.0 Å². The third kappa shape index (κ3) is 5.77. The van der Waals surface area contributed by atoms with Crippen molar-refractivity contribution < 1.29 is 14.3 Å². The standard InChI is InChI=1S/C31H26Cl2N2O4S/c1-4-38-30(37)27-19(3)34-31-35(28(27)21-9-5-18(2)6-10-21)29(36)26(40-31)15-20-7-13-24(14-8-20)39-17-22-11-12-23(32)16-25(22)33/h5-16,28H,4,17H2,1-3H3/b26-15-. The number of allylic oxidation sites excluding steroid dienone is 1. The normalized spacial score (nSPS) is 15.0. The van der Waals surface area contributed by atoms with Gasteiger partial charge in [-0.25, -0.2) is 9.79 Å². The first-order valence-electron chi connectivity index (χ1n) is 12.7. The Balaban J connectivity index is 1.48. The number of esters is 1. The number of carbonyl (C=O) groups excluding carboxylic acids is 1. The second-order valence-corrected chi connectivity index (χ2v) is 11.2. The van der Waals surface area contributed by atoms with Crippen molar-refractivity contribution >= 4 is 46.6 Å². The Kier molecular flexibility index (Phi) is 8.26. The predicted octanol–water partition coefficient (Wildman–Crippen LogP) is 5.99. The smallest absolute Gasteiger partial charge is 0.338 e. The number of hydrogen-bond donors (Lipinski definition) is 0. The lowest BCUT2D eigenvalue weighted by Gasteiger charge is -2.24. The quantitative estimate of drug-likeness (QED) is 0.247. The van der Waals surface area contributed by atoms with Crippen LogP contribution in [0.15, 0.2) is 87.8 Å². The molecule has 0 saturated heterocycles. The van der Waals surface area contributed by atoms with Gasteiger partial charge < -0.3 is 9.47 Å². The lowest BCUT2D eigenvalue weighted by molar-refractivity contribution is -0.139. The molecule has 3 aromatic carbocycles. The molecule has 1 aliphatic rings. The van der Waals surface area contributed by atoms with Crippen molar-refractivity contribution in [2.45, 2.75) is 33.4 Å². The van der Waals surface area contributed by atoms with Crippen LogP contribution in [0.2, 0.25) is 10.0 Å². The monoisotopic (exact) mass is 592 g/mol. The van der Waals surface area contributed by atoms with Gasteiger partial charge in [0, 0.05) is 15.6 Å². The molecule has 0 radical (unpaired) electrons. The fraction of sp³-hybridized carbons (Fsp3) is 0.194. The van der Waals surface area contributed by atoms with E-state index in [0.717, 1.165) is 22.3 Å². The Morgan fingerprint density at radius 3 is 2.45 bits per heavy atom. The van der Waals surface area contributed by atoms with Crippen LogP contribution in [0.25, 0.3) is 6.08 Å². The van der Waals surface area contributed by atoms with E-state index >= 15 is 0 Å². The minimum Gasteiger partial charge on any atom is -0.489 e. The van der Waals surface area contributed by atoms with E-state index in [4.69, 9.17) is 32.7 Å². The molecule has 1 unspecified atom stereocenters. The summed E-state index contributed by atoms with van der Waals surface area (Å²) in [7, 11) is 0. The number of carbonyl (C=O) groups is 1. The summed E-state index contributed by atoms with van der Waals surface area (Å²) in [5.74, 6) is 0.192. The molecule has 0 bridgehead atoms. The second-order valence-electron chi connectivity index (χ2n) is 9.31. The average Bonchev–Trinajstić information content (AvgIpc) is 3.23. The minimum atomic E-state index is -0.631. The van der Waals surface area contributed by atoms with E-state index in [1.807, 2.05) is 67.6 Å². The highest BCUT2D eigenvalue weighted by Gasteiger charge is 2.33. The summed E-state index contributed by atoms with van der Waals surface area (Å²) in [6.45, 7) is 6.06. The molecule has 6 nitrogen and oxygen atoms in total. The molecule has 0 amide bonds. The third-order valence-corrected chi connectivity index (χ3v) is 8.07. The van der Waals surface area contributed by atoms with Crippen LogP contribution in [-0.4, -0.2) is 17.1 Å². The number of benzene rings is 3. The average molecular weight is 594 g/mol. The number of nitrogens with zero attached hydrogens (tertiary/aromatic N) is 2. The number of rotatable bonds is 7. The van der Waals surface area contributed by atoms with E-state index in [2.05, 4.69) is 4.99 Å². The molecule has 0 saturated carbocycles. The highest BCUT2D eigenvalue weighted by Crippen LogP contribution is 2.31. The maximum absolute atomic E-state index is 13.7. The number of hydrogen-bond acceptors (Lipinski definition) is 6. The van der Waals surface area contributed by atoms with E-state index in [1.54, 1.807) is 30.5 Å². The van der Waals surface area contributed by atoms with Gasteiger partial charge in [-0.05, 0) is 62.2 Å². The Labute approximate surface area is 245 Å². The van der Waals surface area contributed by atoms with Crippen molar-refractivity contribution in [2.75, 3.05) is 6.61 Å². The van der Waals surface area contributed by atoms with Gasteiger partial charge in [0.1, 0.15) is 12.4 Å². The van der Waals surface area contributed by atoms with Crippen LogP contribution in [0.1, 0.15) is 42.1 Å². The van der Waals surface area contributed by atoms with Crippen LogP contribution in [0, 0.1) is 6.92 Å². The summed E-state index contributed by atoms with van der Waals surface area (Å²) in [5.41, 5.74) is 4.25. The van der Waals surface area contributed by atoms with Gasteiger partial charge in [-0.1, -0.05) is 82.6 Å². The highest BCUT2D eigenvalue weighted by atomic mass is 35.5. The zero-order valence-corrected chi connectivity index (χ0v) is 24.4. The highest BCUT2D eigenvalue weighted by molar-refractivity contribution is 7.07. The predicted molar refractivity (Wildman–Crippen MR) is 159 cm³/mol. The lowest BCUT2D eigenvalue weighted by Crippen LogP contribution is -2.39. The van der Waals surface area contributed by atoms with Crippen LogP contribution in [0.5, 0.6) is 5.75 Å². The molecule has 40 heavy (non-hydrogen) atoms. The maximum Gasteiger partial charge on any atom is 0.338 e. The summed E-state index contributed by atoms with van der Waals surface area (Å²) in [6, 6.07) is 19.9. The Morgan fingerprint density at radius 1 is 1.05 bits per heavy atom. The van der Waals surface area contributed by atoms with Gasteiger partial charge in [-0.15, -0.1) is 0 Å². The SMILES string of the molecule is CCOC(=O)C1=C(C)N=c2s/c(=C\c3ccc(OCc4ccc(Cl)cc4Cl)cc3)c(=O)n2C1c1ccc(C)cc1. The van der Waals surface area contributed by atoms with Gasteiger partial charge in [-0.2, -0.15) is 0 Å². The number of fused-ring (bicyclic) bond motifs is 1. The Bertz CT molecular complexity index is 1790. The first kappa shape index (κ1) is 27.9. The molecular weight excluding hydrogens is 567 g/mol. The van der Waals surface area contributed by atoms with E-state index in [1.165, 1.54) is 11.3 Å². The van der Waals surface area contributed by atoms with Crippen molar-refractivity contribution in [3.05, 3.63) is 130 Å². The second kappa shape index (κ2) is 11.8. The van der Waals surface area contributed by atoms with Gasteiger partial charge in [0.2, 0.25) is 0 Å². The van der Waals surface area contributed by atoms with Crippen molar-refractivity contribution in [2.24, 2.45) is 4.99 Å². The van der Waals surface area contributed by atoms with Crippen LogP contribution >= 0.6 is 34.5 Å². The van der Waals surface area contributed by atoms with Crippen molar-refractivity contribution in [1.82, 2.24) is 4.57 Å².